The molecule has 2 nitrogen and oxygen atoms in total. The van der Waals surface area contributed by atoms with Crippen molar-refractivity contribution in [3.63, 3.8) is 0 Å². The third kappa shape index (κ3) is 3.21. The summed E-state index contributed by atoms with van der Waals surface area (Å²) in [5, 5.41) is 0.557. The number of rotatable bonds is 4. The zero-order chi connectivity index (χ0) is 12.3. The second-order valence-corrected chi connectivity index (χ2v) is 5.57. The Labute approximate surface area is 106 Å². The summed E-state index contributed by atoms with van der Waals surface area (Å²) in [7, 11) is 0. The van der Waals surface area contributed by atoms with Crippen LogP contribution in [0, 0.1) is 5.82 Å². The summed E-state index contributed by atoms with van der Waals surface area (Å²) in [5.74, 6) is 0.685. The number of benzene rings is 1. The standard InChI is InChI=1S/C13H18FNOS/c1-9-13(4-5-16-9)17-8-10-2-3-12(14)11(6-10)7-15/h2-3,6,9,13H,4-5,7-8,15H2,1H3. The molecule has 0 amide bonds. The lowest BCUT2D eigenvalue weighted by Crippen LogP contribution is -2.13. The van der Waals surface area contributed by atoms with Crippen molar-refractivity contribution in [2.45, 2.75) is 37.0 Å². The van der Waals surface area contributed by atoms with Crippen LogP contribution < -0.4 is 5.73 Å². The Morgan fingerprint density at radius 2 is 2.35 bits per heavy atom. The van der Waals surface area contributed by atoms with E-state index in [0.29, 0.717) is 16.9 Å². The number of hydrogen-bond acceptors (Lipinski definition) is 3. The van der Waals surface area contributed by atoms with Crippen LogP contribution in [0.2, 0.25) is 0 Å². The van der Waals surface area contributed by atoms with E-state index in [-0.39, 0.29) is 12.4 Å². The molecular weight excluding hydrogens is 237 g/mol. The molecular formula is C13H18FNOS. The highest BCUT2D eigenvalue weighted by Crippen LogP contribution is 2.29. The zero-order valence-electron chi connectivity index (χ0n) is 9.99. The number of halogens is 1. The molecule has 17 heavy (non-hydrogen) atoms. The predicted octanol–water partition coefficient (Wildman–Crippen LogP) is 2.70. The lowest BCUT2D eigenvalue weighted by Gasteiger charge is -2.13. The molecule has 4 heteroatoms. The first-order valence-corrected chi connectivity index (χ1v) is 6.96. The summed E-state index contributed by atoms with van der Waals surface area (Å²) in [5.41, 5.74) is 7.22. The highest BCUT2D eigenvalue weighted by molar-refractivity contribution is 7.99. The smallest absolute Gasteiger partial charge is 0.127 e. The molecule has 0 aromatic heterocycles. The molecule has 0 radical (unpaired) electrons. The fourth-order valence-electron chi connectivity index (χ4n) is 2.01. The highest BCUT2D eigenvalue weighted by atomic mass is 32.2. The number of thioether (sulfide) groups is 1. The number of hydrogen-bond donors (Lipinski definition) is 1. The fraction of sp³-hybridized carbons (Fsp3) is 0.538. The van der Waals surface area contributed by atoms with E-state index in [9.17, 15) is 4.39 Å². The van der Waals surface area contributed by atoms with Gasteiger partial charge < -0.3 is 10.5 Å². The molecule has 1 saturated heterocycles. The average Bonchev–Trinajstić information content (AvgIpc) is 2.74. The van der Waals surface area contributed by atoms with E-state index in [2.05, 4.69) is 6.92 Å². The Kier molecular flexibility index (Phi) is 4.42. The van der Waals surface area contributed by atoms with Crippen molar-refractivity contribution in [3.8, 4) is 0 Å². The Bertz CT molecular complexity index is 386. The Morgan fingerprint density at radius 3 is 3.00 bits per heavy atom. The molecule has 1 heterocycles. The normalized spacial score (nSPS) is 24.2. The number of ether oxygens (including phenoxy) is 1. The molecule has 2 N–H and O–H groups in total. The Hall–Kier alpha value is -0.580. The second kappa shape index (κ2) is 5.85. The summed E-state index contributed by atoms with van der Waals surface area (Å²) >= 11 is 1.88. The summed E-state index contributed by atoms with van der Waals surface area (Å²) in [6, 6.07) is 5.21. The molecule has 94 valence electrons. The van der Waals surface area contributed by atoms with Gasteiger partial charge in [-0.3, -0.25) is 0 Å². The van der Waals surface area contributed by atoms with Gasteiger partial charge in [0.05, 0.1) is 6.10 Å². The highest BCUT2D eigenvalue weighted by Gasteiger charge is 2.24. The lowest BCUT2D eigenvalue weighted by atomic mass is 10.1. The van der Waals surface area contributed by atoms with Gasteiger partial charge in [0, 0.05) is 29.7 Å². The minimum absolute atomic E-state index is 0.209. The van der Waals surface area contributed by atoms with E-state index in [1.807, 2.05) is 23.9 Å². The molecule has 1 aliphatic heterocycles. The first-order valence-electron chi connectivity index (χ1n) is 5.91. The zero-order valence-corrected chi connectivity index (χ0v) is 10.8. The van der Waals surface area contributed by atoms with Crippen LogP contribution in [0.5, 0.6) is 0 Å². The van der Waals surface area contributed by atoms with Gasteiger partial charge >= 0.3 is 0 Å². The monoisotopic (exact) mass is 255 g/mol. The topological polar surface area (TPSA) is 35.2 Å². The quantitative estimate of drug-likeness (QED) is 0.898. The number of nitrogens with two attached hydrogens (primary N) is 1. The first-order chi connectivity index (χ1) is 8.20. The molecule has 1 aromatic carbocycles. The largest absolute Gasteiger partial charge is 0.377 e. The minimum atomic E-state index is -0.209. The van der Waals surface area contributed by atoms with Gasteiger partial charge in [-0.1, -0.05) is 12.1 Å². The van der Waals surface area contributed by atoms with Gasteiger partial charge in [0.1, 0.15) is 5.82 Å². The van der Waals surface area contributed by atoms with Crippen LogP contribution in [0.15, 0.2) is 18.2 Å². The van der Waals surface area contributed by atoms with Crippen LogP contribution in [0.25, 0.3) is 0 Å². The molecule has 1 aromatic rings. The Morgan fingerprint density at radius 1 is 1.53 bits per heavy atom. The van der Waals surface area contributed by atoms with E-state index in [0.717, 1.165) is 24.3 Å². The molecule has 2 atom stereocenters. The van der Waals surface area contributed by atoms with Crippen molar-refractivity contribution >= 4 is 11.8 Å². The molecule has 1 fully saturated rings. The van der Waals surface area contributed by atoms with Crippen molar-refractivity contribution in [2.75, 3.05) is 6.61 Å². The van der Waals surface area contributed by atoms with Crippen LogP contribution in [0.1, 0.15) is 24.5 Å². The van der Waals surface area contributed by atoms with E-state index < -0.39 is 0 Å². The maximum atomic E-state index is 13.3. The van der Waals surface area contributed by atoms with Crippen LogP contribution in [-0.4, -0.2) is 18.0 Å². The fourth-order valence-corrected chi connectivity index (χ4v) is 3.21. The van der Waals surface area contributed by atoms with E-state index in [1.165, 1.54) is 6.07 Å². The van der Waals surface area contributed by atoms with Gasteiger partial charge in [0.2, 0.25) is 0 Å². The Balaban J connectivity index is 1.94. The van der Waals surface area contributed by atoms with Crippen LogP contribution >= 0.6 is 11.8 Å². The summed E-state index contributed by atoms with van der Waals surface area (Å²) < 4.78 is 18.8. The molecule has 2 unspecified atom stereocenters. The van der Waals surface area contributed by atoms with Crippen LogP contribution in [0.3, 0.4) is 0 Å². The second-order valence-electron chi connectivity index (χ2n) is 4.34. The SMILES string of the molecule is CC1OCCC1SCc1ccc(F)c(CN)c1. The van der Waals surface area contributed by atoms with E-state index in [4.69, 9.17) is 10.5 Å². The summed E-state index contributed by atoms with van der Waals surface area (Å²) in [6.07, 6.45) is 1.44. The van der Waals surface area contributed by atoms with Gasteiger partial charge in [-0.15, -0.1) is 0 Å². The van der Waals surface area contributed by atoms with Crippen molar-refractivity contribution in [1.29, 1.82) is 0 Å². The van der Waals surface area contributed by atoms with Crippen molar-refractivity contribution in [1.82, 2.24) is 0 Å². The molecule has 2 rings (SSSR count). The van der Waals surface area contributed by atoms with E-state index >= 15 is 0 Å². The predicted molar refractivity (Wildman–Crippen MR) is 69.4 cm³/mol. The molecule has 0 bridgehead atoms. The molecule has 0 spiro atoms. The van der Waals surface area contributed by atoms with Gasteiger partial charge in [-0.2, -0.15) is 11.8 Å². The van der Waals surface area contributed by atoms with E-state index in [1.54, 1.807) is 0 Å². The van der Waals surface area contributed by atoms with Gasteiger partial charge in [-0.25, -0.2) is 4.39 Å². The minimum Gasteiger partial charge on any atom is -0.377 e. The summed E-state index contributed by atoms with van der Waals surface area (Å²) in [4.78, 5) is 0. The van der Waals surface area contributed by atoms with Crippen molar-refractivity contribution < 1.29 is 9.13 Å². The maximum absolute atomic E-state index is 13.3. The van der Waals surface area contributed by atoms with Crippen molar-refractivity contribution in [3.05, 3.63) is 35.1 Å². The molecule has 0 saturated carbocycles. The third-order valence-electron chi connectivity index (χ3n) is 3.10. The lowest BCUT2D eigenvalue weighted by molar-refractivity contribution is 0.127. The first kappa shape index (κ1) is 12.9. The molecule has 1 aliphatic rings. The maximum Gasteiger partial charge on any atom is 0.127 e. The van der Waals surface area contributed by atoms with Gasteiger partial charge in [0.15, 0.2) is 0 Å². The van der Waals surface area contributed by atoms with Gasteiger partial charge in [0.25, 0.3) is 0 Å². The molecule has 0 aliphatic carbocycles. The van der Waals surface area contributed by atoms with Crippen molar-refractivity contribution in [2.24, 2.45) is 5.73 Å². The van der Waals surface area contributed by atoms with Crippen LogP contribution in [-0.2, 0) is 17.0 Å². The third-order valence-corrected chi connectivity index (χ3v) is 4.65. The van der Waals surface area contributed by atoms with Gasteiger partial charge in [-0.05, 0) is 25.0 Å². The van der Waals surface area contributed by atoms with Crippen LogP contribution in [0.4, 0.5) is 4.39 Å². The summed E-state index contributed by atoms with van der Waals surface area (Å²) in [6.45, 7) is 3.23. The average molecular weight is 255 g/mol.